The summed E-state index contributed by atoms with van der Waals surface area (Å²) in [5, 5.41) is 10.6. The molecule has 0 aliphatic heterocycles. The van der Waals surface area contributed by atoms with E-state index in [1.165, 1.54) is 12.1 Å². The highest BCUT2D eigenvalue weighted by atomic mass is 32.2. The van der Waals surface area contributed by atoms with Crippen molar-refractivity contribution in [1.29, 1.82) is 0 Å². The molecule has 0 radical (unpaired) electrons. The molecule has 1 atom stereocenters. The molecule has 2 N–H and O–H groups in total. The molecule has 0 saturated carbocycles. The van der Waals surface area contributed by atoms with E-state index in [9.17, 15) is 13.5 Å². The van der Waals surface area contributed by atoms with E-state index in [2.05, 4.69) is 4.72 Å². The molecular formula is C21H29NO5S. The molecule has 1 unspecified atom stereocenters. The summed E-state index contributed by atoms with van der Waals surface area (Å²) < 4.78 is 38.2. The van der Waals surface area contributed by atoms with E-state index in [0.29, 0.717) is 24.7 Å². The van der Waals surface area contributed by atoms with Crippen LogP contribution in [0, 0.1) is 5.92 Å². The number of rotatable bonds is 10. The topological polar surface area (TPSA) is 84.9 Å². The van der Waals surface area contributed by atoms with Crippen LogP contribution in [0.5, 0.6) is 11.5 Å². The standard InChI is InChI=1S/C21H29NO5S/c1-16(2)14-27-19-9-11-20(12-10-19)28(24,25)22-15-21(3,23)13-17-5-7-18(26-4)8-6-17/h5-12,16,22-23H,13-15H2,1-4H3. The Hall–Kier alpha value is -2.09. The molecule has 154 valence electrons. The first kappa shape index (κ1) is 22.2. The maximum atomic E-state index is 12.5. The Kier molecular flexibility index (Phi) is 7.46. The summed E-state index contributed by atoms with van der Waals surface area (Å²) in [4.78, 5) is 0.129. The van der Waals surface area contributed by atoms with E-state index in [-0.39, 0.29) is 11.4 Å². The molecule has 0 saturated heterocycles. The first-order chi connectivity index (χ1) is 13.1. The van der Waals surface area contributed by atoms with Crippen LogP contribution in [0.15, 0.2) is 53.4 Å². The predicted molar refractivity (Wildman–Crippen MR) is 109 cm³/mol. The van der Waals surface area contributed by atoms with Gasteiger partial charge >= 0.3 is 0 Å². The Bertz CT molecular complexity index is 843. The summed E-state index contributed by atoms with van der Waals surface area (Å²) in [6, 6.07) is 13.6. The molecule has 0 spiro atoms. The van der Waals surface area contributed by atoms with Gasteiger partial charge in [-0.15, -0.1) is 0 Å². The summed E-state index contributed by atoms with van der Waals surface area (Å²) in [5.41, 5.74) is -0.348. The predicted octanol–water partition coefficient (Wildman–Crippen LogP) is 3.00. The average Bonchev–Trinajstić information content (AvgIpc) is 2.66. The molecule has 0 fully saturated rings. The van der Waals surface area contributed by atoms with Gasteiger partial charge in [0, 0.05) is 13.0 Å². The van der Waals surface area contributed by atoms with Crippen LogP contribution in [0.1, 0.15) is 26.3 Å². The van der Waals surface area contributed by atoms with Crippen molar-refractivity contribution in [3.63, 3.8) is 0 Å². The fraction of sp³-hybridized carbons (Fsp3) is 0.429. The Morgan fingerprint density at radius 3 is 2.14 bits per heavy atom. The molecule has 0 bridgehead atoms. The third-order valence-electron chi connectivity index (χ3n) is 4.10. The van der Waals surface area contributed by atoms with Crippen LogP contribution in [0.2, 0.25) is 0 Å². The van der Waals surface area contributed by atoms with Crippen LogP contribution in [0.25, 0.3) is 0 Å². The zero-order valence-corrected chi connectivity index (χ0v) is 17.6. The van der Waals surface area contributed by atoms with E-state index in [4.69, 9.17) is 9.47 Å². The molecule has 2 rings (SSSR count). The molecule has 2 aromatic rings. The van der Waals surface area contributed by atoms with Crippen LogP contribution in [0.3, 0.4) is 0 Å². The second-order valence-electron chi connectivity index (χ2n) is 7.52. The van der Waals surface area contributed by atoms with Crippen LogP contribution >= 0.6 is 0 Å². The molecule has 0 aromatic heterocycles. The molecule has 0 heterocycles. The van der Waals surface area contributed by atoms with Crippen molar-refractivity contribution in [3.05, 3.63) is 54.1 Å². The van der Waals surface area contributed by atoms with Crippen molar-refractivity contribution in [2.45, 2.75) is 37.7 Å². The van der Waals surface area contributed by atoms with Gasteiger partial charge in [-0.25, -0.2) is 13.1 Å². The number of sulfonamides is 1. The summed E-state index contributed by atoms with van der Waals surface area (Å²) in [6.45, 7) is 6.15. The normalized spacial score (nSPS) is 13.9. The first-order valence-electron chi connectivity index (χ1n) is 9.19. The minimum absolute atomic E-state index is 0.104. The lowest BCUT2D eigenvalue weighted by Crippen LogP contribution is -2.42. The largest absolute Gasteiger partial charge is 0.497 e. The number of benzene rings is 2. The Morgan fingerprint density at radius 2 is 1.61 bits per heavy atom. The summed E-state index contributed by atoms with van der Waals surface area (Å²) in [6.07, 6.45) is 0.307. The lowest BCUT2D eigenvalue weighted by molar-refractivity contribution is 0.0657. The highest BCUT2D eigenvalue weighted by Gasteiger charge is 2.25. The quantitative estimate of drug-likeness (QED) is 0.632. The monoisotopic (exact) mass is 407 g/mol. The smallest absolute Gasteiger partial charge is 0.240 e. The molecule has 28 heavy (non-hydrogen) atoms. The zero-order valence-electron chi connectivity index (χ0n) is 16.8. The van der Waals surface area contributed by atoms with Gasteiger partial charge < -0.3 is 14.6 Å². The second kappa shape index (κ2) is 9.41. The number of ether oxygens (including phenoxy) is 2. The van der Waals surface area contributed by atoms with Crippen molar-refractivity contribution in [2.24, 2.45) is 5.92 Å². The van der Waals surface area contributed by atoms with Gasteiger partial charge in [0.05, 0.1) is 24.2 Å². The molecule has 0 aliphatic rings. The van der Waals surface area contributed by atoms with Gasteiger partial charge in [0.1, 0.15) is 11.5 Å². The van der Waals surface area contributed by atoms with E-state index in [0.717, 1.165) is 11.3 Å². The molecule has 7 heteroatoms. The van der Waals surface area contributed by atoms with Crippen molar-refractivity contribution < 1.29 is 23.0 Å². The Balaban J connectivity index is 1.96. The fourth-order valence-electron chi connectivity index (χ4n) is 2.56. The van der Waals surface area contributed by atoms with Crippen LogP contribution in [-0.4, -0.2) is 39.4 Å². The maximum Gasteiger partial charge on any atom is 0.240 e. The molecular weight excluding hydrogens is 378 g/mol. The zero-order chi connectivity index (χ0) is 20.8. The number of methoxy groups -OCH3 is 1. The van der Waals surface area contributed by atoms with Gasteiger partial charge in [0.15, 0.2) is 0 Å². The number of hydrogen-bond acceptors (Lipinski definition) is 5. The van der Waals surface area contributed by atoms with Crippen molar-refractivity contribution in [2.75, 3.05) is 20.3 Å². The van der Waals surface area contributed by atoms with Crippen molar-refractivity contribution in [3.8, 4) is 11.5 Å². The van der Waals surface area contributed by atoms with Gasteiger partial charge in [0.2, 0.25) is 10.0 Å². The highest BCUT2D eigenvalue weighted by molar-refractivity contribution is 7.89. The van der Waals surface area contributed by atoms with Gasteiger partial charge in [0.25, 0.3) is 0 Å². The lowest BCUT2D eigenvalue weighted by Gasteiger charge is -2.24. The minimum atomic E-state index is -3.73. The lowest BCUT2D eigenvalue weighted by atomic mass is 9.97. The molecule has 0 amide bonds. The van der Waals surface area contributed by atoms with Gasteiger partial charge in [-0.2, -0.15) is 0 Å². The van der Waals surface area contributed by atoms with Crippen molar-refractivity contribution in [1.82, 2.24) is 4.72 Å². The summed E-state index contributed by atoms with van der Waals surface area (Å²) in [5.74, 6) is 1.74. The first-order valence-corrected chi connectivity index (χ1v) is 10.7. The molecule has 0 aliphatic carbocycles. The number of nitrogens with one attached hydrogen (secondary N) is 1. The minimum Gasteiger partial charge on any atom is -0.497 e. The van der Waals surface area contributed by atoms with E-state index in [1.54, 1.807) is 38.3 Å². The summed E-state index contributed by atoms with van der Waals surface area (Å²) >= 11 is 0. The summed E-state index contributed by atoms with van der Waals surface area (Å²) in [7, 11) is -2.14. The van der Waals surface area contributed by atoms with Crippen LogP contribution < -0.4 is 14.2 Å². The Morgan fingerprint density at radius 1 is 1.04 bits per heavy atom. The van der Waals surface area contributed by atoms with E-state index < -0.39 is 15.6 Å². The molecule has 6 nitrogen and oxygen atoms in total. The van der Waals surface area contributed by atoms with Crippen LogP contribution in [0.4, 0.5) is 0 Å². The fourth-order valence-corrected chi connectivity index (χ4v) is 3.72. The van der Waals surface area contributed by atoms with Gasteiger partial charge in [-0.3, -0.25) is 0 Å². The van der Waals surface area contributed by atoms with Gasteiger partial charge in [-0.1, -0.05) is 26.0 Å². The highest BCUT2D eigenvalue weighted by Crippen LogP contribution is 2.19. The SMILES string of the molecule is COc1ccc(CC(C)(O)CNS(=O)(=O)c2ccc(OCC(C)C)cc2)cc1. The van der Waals surface area contributed by atoms with E-state index in [1.807, 2.05) is 26.0 Å². The molecule has 2 aromatic carbocycles. The van der Waals surface area contributed by atoms with Crippen LogP contribution in [-0.2, 0) is 16.4 Å². The third kappa shape index (κ3) is 6.82. The maximum absolute atomic E-state index is 12.5. The average molecular weight is 408 g/mol. The third-order valence-corrected chi connectivity index (χ3v) is 5.52. The van der Waals surface area contributed by atoms with Gasteiger partial charge in [-0.05, 0) is 54.8 Å². The van der Waals surface area contributed by atoms with Crippen molar-refractivity contribution >= 4 is 10.0 Å². The second-order valence-corrected chi connectivity index (χ2v) is 9.29. The number of hydrogen-bond donors (Lipinski definition) is 2. The number of aliphatic hydroxyl groups is 1. The van der Waals surface area contributed by atoms with E-state index >= 15 is 0 Å². The Labute approximate surface area is 167 Å².